The van der Waals surface area contributed by atoms with Gasteiger partial charge in [-0.2, -0.15) is 0 Å². The molecule has 2 rings (SSSR count). The zero-order chi connectivity index (χ0) is 18.2. The van der Waals surface area contributed by atoms with Gasteiger partial charge < -0.3 is 11.5 Å². The molecule has 0 heterocycles. The average Bonchev–Trinajstić information content (AvgIpc) is 2.53. The van der Waals surface area contributed by atoms with Gasteiger partial charge in [0.2, 0.25) is 0 Å². The molecule has 2 aromatic rings. The van der Waals surface area contributed by atoms with Gasteiger partial charge in [0.1, 0.15) is 0 Å². The van der Waals surface area contributed by atoms with E-state index in [1.165, 1.54) is 23.5 Å². The molecule has 8 heteroatoms. The van der Waals surface area contributed by atoms with E-state index in [9.17, 15) is 0 Å². The molecule has 0 fully saturated rings. The molecular weight excluding hydrogens is 395 g/mol. The Hall–Kier alpha value is -1.34. The first-order valence-electron chi connectivity index (χ1n) is 7.41. The molecular formula is C17H18Cl2N4S2. The fraction of sp³-hybridized carbons (Fsp3) is 0.176. The zero-order valence-corrected chi connectivity index (χ0v) is 16.7. The van der Waals surface area contributed by atoms with E-state index in [1.807, 2.05) is 24.3 Å². The Balaban J connectivity index is 1.86. The number of halogens is 2. The van der Waals surface area contributed by atoms with Crippen LogP contribution in [0.4, 0.5) is 11.4 Å². The van der Waals surface area contributed by atoms with E-state index in [4.69, 9.17) is 34.7 Å². The minimum absolute atomic E-state index is 0.223. The molecule has 0 saturated carbocycles. The molecule has 4 nitrogen and oxygen atoms in total. The largest absolute Gasteiger partial charge is 0.378 e. The monoisotopic (exact) mass is 412 g/mol. The second-order valence-electron chi connectivity index (χ2n) is 5.10. The standard InChI is InChI=1S/C17H18Cl2N4S2/c1-11(25-17(21)23-15-7-3-5-13(19)9-15)10-24-16(20)22-14-6-2-4-12(18)8-14/h2-9,11H,10H2,1H3,(H2,20,22)(H2,21,23). The molecule has 0 aromatic heterocycles. The van der Waals surface area contributed by atoms with Gasteiger partial charge in [0.15, 0.2) is 10.3 Å². The first kappa shape index (κ1) is 20.0. The van der Waals surface area contributed by atoms with Crippen molar-refractivity contribution in [3.8, 4) is 0 Å². The Bertz CT molecular complexity index is 781. The molecule has 0 aliphatic carbocycles. The van der Waals surface area contributed by atoms with Gasteiger partial charge in [-0.3, -0.25) is 0 Å². The van der Waals surface area contributed by atoms with Crippen molar-refractivity contribution in [1.82, 2.24) is 0 Å². The first-order chi connectivity index (χ1) is 11.9. The molecule has 0 saturated heterocycles. The van der Waals surface area contributed by atoms with Gasteiger partial charge in [-0.25, -0.2) is 9.98 Å². The highest BCUT2D eigenvalue weighted by atomic mass is 35.5. The molecule has 25 heavy (non-hydrogen) atoms. The molecule has 1 unspecified atom stereocenters. The van der Waals surface area contributed by atoms with Crippen LogP contribution in [0.5, 0.6) is 0 Å². The number of aliphatic imine (C=N–C) groups is 2. The fourth-order valence-corrected chi connectivity index (χ4v) is 3.84. The number of hydrogen-bond donors (Lipinski definition) is 2. The first-order valence-corrected chi connectivity index (χ1v) is 10.0. The van der Waals surface area contributed by atoms with Crippen LogP contribution in [-0.2, 0) is 0 Å². The number of amidine groups is 2. The van der Waals surface area contributed by atoms with Crippen LogP contribution in [0.15, 0.2) is 58.5 Å². The SMILES string of the molecule is CC(CSC(N)=Nc1cccc(Cl)c1)SC(N)=Nc1cccc(Cl)c1. The second-order valence-corrected chi connectivity index (χ2v) is 8.47. The smallest absolute Gasteiger partial charge is 0.159 e. The Morgan fingerprint density at radius 3 is 2.00 bits per heavy atom. The van der Waals surface area contributed by atoms with Crippen molar-refractivity contribution in [1.29, 1.82) is 0 Å². The fourth-order valence-electron chi connectivity index (χ4n) is 1.85. The minimum Gasteiger partial charge on any atom is -0.378 e. The predicted molar refractivity (Wildman–Crippen MR) is 115 cm³/mol. The molecule has 0 aliphatic rings. The van der Waals surface area contributed by atoms with Gasteiger partial charge >= 0.3 is 0 Å². The lowest BCUT2D eigenvalue weighted by Gasteiger charge is -2.10. The van der Waals surface area contributed by atoms with E-state index < -0.39 is 0 Å². The molecule has 0 amide bonds. The van der Waals surface area contributed by atoms with E-state index >= 15 is 0 Å². The highest BCUT2D eigenvalue weighted by Crippen LogP contribution is 2.23. The third-order valence-electron chi connectivity index (χ3n) is 2.88. The van der Waals surface area contributed by atoms with Crippen LogP contribution >= 0.6 is 46.7 Å². The lowest BCUT2D eigenvalue weighted by atomic mass is 10.3. The van der Waals surface area contributed by atoms with Crippen molar-refractivity contribution in [3.63, 3.8) is 0 Å². The molecule has 2 aromatic carbocycles. The predicted octanol–water partition coefficient (Wildman–Crippen LogP) is 5.44. The van der Waals surface area contributed by atoms with E-state index in [-0.39, 0.29) is 5.25 Å². The van der Waals surface area contributed by atoms with E-state index in [2.05, 4.69) is 16.9 Å². The third-order valence-corrected chi connectivity index (χ3v) is 5.52. The van der Waals surface area contributed by atoms with Crippen molar-refractivity contribution in [2.45, 2.75) is 12.2 Å². The van der Waals surface area contributed by atoms with E-state index in [1.54, 1.807) is 24.3 Å². The van der Waals surface area contributed by atoms with Crippen LogP contribution in [-0.4, -0.2) is 21.3 Å². The summed E-state index contributed by atoms with van der Waals surface area (Å²) in [5.41, 5.74) is 13.4. The summed E-state index contributed by atoms with van der Waals surface area (Å²) in [6.07, 6.45) is 0. The van der Waals surface area contributed by atoms with Crippen LogP contribution < -0.4 is 11.5 Å². The summed E-state index contributed by atoms with van der Waals surface area (Å²) in [4.78, 5) is 8.69. The third kappa shape index (κ3) is 7.61. The molecule has 0 bridgehead atoms. The van der Waals surface area contributed by atoms with Crippen LogP contribution in [0.3, 0.4) is 0 Å². The minimum atomic E-state index is 0.223. The average molecular weight is 413 g/mol. The van der Waals surface area contributed by atoms with Gasteiger partial charge in [0.25, 0.3) is 0 Å². The second kappa shape index (κ2) is 9.97. The number of nitrogens with two attached hydrogens (primary N) is 2. The number of thioether (sulfide) groups is 2. The number of rotatable bonds is 5. The van der Waals surface area contributed by atoms with Crippen molar-refractivity contribution >= 4 is 68.4 Å². The summed E-state index contributed by atoms with van der Waals surface area (Å²) in [5.74, 6) is 0.756. The lowest BCUT2D eigenvalue weighted by Crippen LogP contribution is -2.15. The summed E-state index contributed by atoms with van der Waals surface area (Å²) < 4.78 is 0. The lowest BCUT2D eigenvalue weighted by molar-refractivity contribution is 1.14. The Kier molecular flexibility index (Phi) is 7.96. The van der Waals surface area contributed by atoms with Crippen LogP contribution in [0, 0.1) is 0 Å². The highest BCUT2D eigenvalue weighted by Gasteiger charge is 2.08. The van der Waals surface area contributed by atoms with Crippen molar-refractivity contribution < 1.29 is 0 Å². The Morgan fingerprint density at radius 2 is 1.48 bits per heavy atom. The van der Waals surface area contributed by atoms with Crippen molar-refractivity contribution in [2.75, 3.05) is 5.75 Å². The molecule has 4 N–H and O–H groups in total. The van der Waals surface area contributed by atoms with Gasteiger partial charge in [-0.15, -0.1) is 0 Å². The number of hydrogen-bond acceptors (Lipinski definition) is 4. The van der Waals surface area contributed by atoms with Gasteiger partial charge in [0, 0.05) is 21.0 Å². The van der Waals surface area contributed by atoms with Gasteiger partial charge in [-0.1, -0.05) is 65.8 Å². The maximum atomic E-state index is 5.99. The Labute approximate surface area is 166 Å². The highest BCUT2D eigenvalue weighted by molar-refractivity contribution is 8.17. The topological polar surface area (TPSA) is 76.8 Å². The molecule has 0 aliphatic heterocycles. The maximum absolute atomic E-state index is 5.99. The van der Waals surface area contributed by atoms with E-state index in [0.29, 0.717) is 20.4 Å². The number of nitrogens with zero attached hydrogens (tertiary/aromatic N) is 2. The van der Waals surface area contributed by atoms with Crippen LogP contribution in [0.1, 0.15) is 6.92 Å². The summed E-state index contributed by atoms with van der Waals surface area (Å²) >= 11 is 14.8. The van der Waals surface area contributed by atoms with Crippen molar-refractivity contribution in [3.05, 3.63) is 58.6 Å². The normalized spacial score (nSPS) is 13.7. The molecule has 0 spiro atoms. The maximum Gasteiger partial charge on any atom is 0.159 e. The Morgan fingerprint density at radius 1 is 0.960 bits per heavy atom. The quantitative estimate of drug-likeness (QED) is 0.505. The number of benzene rings is 2. The summed E-state index contributed by atoms with van der Waals surface area (Å²) in [6, 6.07) is 14.5. The van der Waals surface area contributed by atoms with Gasteiger partial charge in [0.05, 0.1) is 11.4 Å². The zero-order valence-electron chi connectivity index (χ0n) is 13.5. The summed E-state index contributed by atoms with van der Waals surface area (Å²) in [7, 11) is 0. The van der Waals surface area contributed by atoms with Crippen molar-refractivity contribution in [2.24, 2.45) is 21.5 Å². The van der Waals surface area contributed by atoms with Gasteiger partial charge in [-0.05, 0) is 36.4 Å². The summed E-state index contributed by atoms with van der Waals surface area (Å²) in [5, 5.41) is 2.46. The molecule has 0 radical (unpaired) electrons. The van der Waals surface area contributed by atoms with E-state index in [0.717, 1.165) is 17.1 Å². The molecule has 132 valence electrons. The van der Waals surface area contributed by atoms with Crippen LogP contribution in [0.25, 0.3) is 0 Å². The molecule has 1 atom stereocenters. The summed E-state index contributed by atoms with van der Waals surface area (Å²) in [6.45, 7) is 2.06. The van der Waals surface area contributed by atoms with Crippen LogP contribution in [0.2, 0.25) is 10.0 Å².